The van der Waals surface area contributed by atoms with E-state index >= 15 is 0 Å². The Kier molecular flexibility index (Phi) is 9.24. The Bertz CT molecular complexity index is 744. The quantitative estimate of drug-likeness (QED) is 0.362. The lowest BCUT2D eigenvalue weighted by Gasteiger charge is -2.21. The number of hydrogen-bond acceptors (Lipinski definition) is 3. The second-order valence-electron chi connectivity index (χ2n) is 7.00. The molecular weight excluding hydrogens is 465 g/mol. The first-order valence-electron chi connectivity index (χ1n) is 9.87. The van der Waals surface area contributed by atoms with Crippen molar-refractivity contribution < 1.29 is 4.74 Å². The number of aromatic nitrogens is 2. The predicted octanol–water partition coefficient (Wildman–Crippen LogP) is 3.53. The molecule has 0 bridgehead atoms. The van der Waals surface area contributed by atoms with Crippen molar-refractivity contribution in [2.24, 2.45) is 12.0 Å². The normalized spacial score (nSPS) is 16.9. The highest BCUT2D eigenvalue weighted by Crippen LogP contribution is 2.26. The average Bonchev–Trinajstić information content (AvgIpc) is 3.33. The van der Waals surface area contributed by atoms with E-state index in [2.05, 4.69) is 52.7 Å². The van der Waals surface area contributed by atoms with Crippen LogP contribution in [0.15, 0.2) is 41.7 Å². The van der Waals surface area contributed by atoms with Crippen LogP contribution in [-0.4, -0.2) is 46.9 Å². The number of ether oxygens (including phenoxy) is 1. The molecule has 1 N–H and O–H groups in total. The van der Waals surface area contributed by atoms with Crippen LogP contribution in [0.4, 0.5) is 0 Å². The molecule has 7 heteroatoms. The fraction of sp³-hybridized carbons (Fsp3) is 0.524. The Balaban J connectivity index is 0.00000280. The molecule has 154 valence electrons. The maximum atomic E-state index is 5.45. The zero-order valence-electron chi connectivity index (χ0n) is 17.1. The molecular formula is C21H32IN5O. The van der Waals surface area contributed by atoms with Crippen LogP contribution >= 0.6 is 24.0 Å². The van der Waals surface area contributed by atoms with Crippen LogP contribution in [-0.2, 0) is 24.9 Å². The van der Waals surface area contributed by atoms with Crippen molar-refractivity contribution in [2.45, 2.75) is 39.3 Å². The largest absolute Gasteiger partial charge is 0.377 e. The summed E-state index contributed by atoms with van der Waals surface area (Å²) in [5.74, 6) is 1.53. The fourth-order valence-electron chi connectivity index (χ4n) is 3.43. The van der Waals surface area contributed by atoms with Gasteiger partial charge >= 0.3 is 0 Å². The van der Waals surface area contributed by atoms with Gasteiger partial charge in [-0.2, -0.15) is 5.10 Å². The molecule has 0 saturated carbocycles. The standard InChI is InChI=1S/C21H31N5O.HI/c1-4-22-21(23-12-17-6-8-18(9-7-17)16-27-5-2)26-11-10-19(15-26)20-13-24-25(3)14-20;/h6-9,13-14,19H,4-5,10-12,15-16H2,1-3H3,(H,22,23);1H. The molecule has 2 aromatic rings. The van der Waals surface area contributed by atoms with Gasteiger partial charge in [0.1, 0.15) is 0 Å². The minimum atomic E-state index is 0. The number of benzene rings is 1. The van der Waals surface area contributed by atoms with E-state index in [1.165, 1.54) is 16.7 Å². The molecule has 28 heavy (non-hydrogen) atoms. The van der Waals surface area contributed by atoms with Crippen molar-refractivity contribution in [2.75, 3.05) is 26.2 Å². The summed E-state index contributed by atoms with van der Waals surface area (Å²) in [6.45, 7) is 9.13. The summed E-state index contributed by atoms with van der Waals surface area (Å²) in [4.78, 5) is 7.24. The van der Waals surface area contributed by atoms with Crippen LogP contribution < -0.4 is 5.32 Å². The van der Waals surface area contributed by atoms with E-state index in [1.807, 2.05) is 24.9 Å². The summed E-state index contributed by atoms with van der Waals surface area (Å²) < 4.78 is 7.34. The van der Waals surface area contributed by atoms with Crippen molar-refractivity contribution in [1.29, 1.82) is 0 Å². The number of guanidine groups is 1. The van der Waals surface area contributed by atoms with Crippen LogP contribution in [0.3, 0.4) is 0 Å². The Morgan fingerprint density at radius 1 is 1.25 bits per heavy atom. The van der Waals surface area contributed by atoms with E-state index in [0.717, 1.165) is 38.6 Å². The van der Waals surface area contributed by atoms with Gasteiger partial charge in [0, 0.05) is 45.4 Å². The molecule has 0 radical (unpaired) electrons. The van der Waals surface area contributed by atoms with Crippen molar-refractivity contribution in [3.8, 4) is 0 Å². The Labute approximate surface area is 185 Å². The number of aryl methyl sites for hydroxylation is 1. The summed E-state index contributed by atoms with van der Waals surface area (Å²) in [7, 11) is 1.97. The Morgan fingerprint density at radius 3 is 2.64 bits per heavy atom. The molecule has 2 heterocycles. The van der Waals surface area contributed by atoms with Gasteiger partial charge in [-0.3, -0.25) is 4.68 Å². The van der Waals surface area contributed by atoms with Gasteiger partial charge in [0.15, 0.2) is 5.96 Å². The van der Waals surface area contributed by atoms with Gasteiger partial charge < -0.3 is 15.0 Å². The maximum absolute atomic E-state index is 5.45. The second-order valence-corrected chi connectivity index (χ2v) is 7.00. The first kappa shape index (κ1) is 22.7. The lowest BCUT2D eigenvalue weighted by atomic mass is 10.0. The minimum absolute atomic E-state index is 0. The molecule has 1 saturated heterocycles. The van der Waals surface area contributed by atoms with E-state index in [-0.39, 0.29) is 24.0 Å². The first-order chi connectivity index (χ1) is 13.2. The molecule has 0 spiro atoms. The van der Waals surface area contributed by atoms with E-state index in [1.54, 1.807) is 0 Å². The average molecular weight is 497 g/mol. The van der Waals surface area contributed by atoms with Gasteiger partial charge in [-0.1, -0.05) is 24.3 Å². The molecule has 1 aromatic carbocycles. The van der Waals surface area contributed by atoms with Gasteiger partial charge in [0.2, 0.25) is 0 Å². The van der Waals surface area contributed by atoms with Crippen molar-refractivity contribution in [3.63, 3.8) is 0 Å². The minimum Gasteiger partial charge on any atom is -0.377 e. The van der Waals surface area contributed by atoms with Gasteiger partial charge in [-0.15, -0.1) is 24.0 Å². The van der Waals surface area contributed by atoms with Crippen LogP contribution in [0.25, 0.3) is 0 Å². The molecule has 3 rings (SSSR count). The Hall–Kier alpha value is -1.61. The van der Waals surface area contributed by atoms with Gasteiger partial charge in [0.05, 0.1) is 19.3 Å². The Morgan fingerprint density at radius 2 is 2.00 bits per heavy atom. The molecule has 0 amide bonds. The number of nitrogens with zero attached hydrogens (tertiary/aromatic N) is 4. The zero-order chi connectivity index (χ0) is 19.1. The van der Waals surface area contributed by atoms with Gasteiger partial charge in [-0.25, -0.2) is 4.99 Å². The second kappa shape index (κ2) is 11.4. The van der Waals surface area contributed by atoms with Crippen molar-refractivity contribution in [3.05, 3.63) is 53.3 Å². The number of likely N-dealkylation sites (tertiary alicyclic amines) is 1. The number of halogens is 1. The molecule has 1 aliphatic rings. The van der Waals surface area contributed by atoms with E-state index < -0.39 is 0 Å². The van der Waals surface area contributed by atoms with E-state index in [0.29, 0.717) is 19.1 Å². The fourth-order valence-corrected chi connectivity index (χ4v) is 3.43. The van der Waals surface area contributed by atoms with Crippen molar-refractivity contribution >= 4 is 29.9 Å². The summed E-state index contributed by atoms with van der Waals surface area (Å²) in [5.41, 5.74) is 3.74. The van der Waals surface area contributed by atoms with Gasteiger partial charge in [0.25, 0.3) is 0 Å². The molecule has 0 aliphatic carbocycles. The topological polar surface area (TPSA) is 54.7 Å². The smallest absolute Gasteiger partial charge is 0.194 e. The summed E-state index contributed by atoms with van der Waals surface area (Å²) in [6, 6.07) is 8.54. The molecule has 1 unspecified atom stereocenters. The van der Waals surface area contributed by atoms with Gasteiger partial charge in [-0.05, 0) is 37.0 Å². The number of nitrogens with one attached hydrogen (secondary N) is 1. The summed E-state index contributed by atoms with van der Waals surface area (Å²) in [5, 5.41) is 7.76. The summed E-state index contributed by atoms with van der Waals surface area (Å²) >= 11 is 0. The van der Waals surface area contributed by atoms with E-state index in [4.69, 9.17) is 9.73 Å². The predicted molar refractivity (Wildman–Crippen MR) is 124 cm³/mol. The number of aliphatic imine (C=N–C) groups is 1. The van der Waals surface area contributed by atoms with Crippen LogP contribution in [0.1, 0.15) is 42.9 Å². The summed E-state index contributed by atoms with van der Waals surface area (Å²) in [6.07, 6.45) is 5.26. The maximum Gasteiger partial charge on any atom is 0.194 e. The lowest BCUT2D eigenvalue weighted by Crippen LogP contribution is -2.40. The highest BCUT2D eigenvalue weighted by molar-refractivity contribution is 14.0. The van der Waals surface area contributed by atoms with Crippen LogP contribution in [0, 0.1) is 0 Å². The molecule has 6 nitrogen and oxygen atoms in total. The SMILES string of the molecule is CCNC(=NCc1ccc(COCC)cc1)N1CCC(c2cnn(C)c2)C1.I. The highest BCUT2D eigenvalue weighted by atomic mass is 127. The molecule has 1 aliphatic heterocycles. The van der Waals surface area contributed by atoms with Crippen LogP contribution in [0.5, 0.6) is 0 Å². The third-order valence-electron chi connectivity index (χ3n) is 4.93. The number of hydrogen-bond donors (Lipinski definition) is 1. The third-order valence-corrected chi connectivity index (χ3v) is 4.93. The van der Waals surface area contributed by atoms with E-state index in [9.17, 15) is 0 Å². The molecule has 1 aromatic heterocycles. The van der Waals surface area contributed by atoms with Crippen LogP contribution in [0.2, 0.25) is 0 Å². The zero-order valence-corrected chi connectivity index (χ0v) is 19.4. The lowest BCUT2D eigenvalue weighted by molar-refractivity contribution is 0.134. The first-order valence-corrected chi connectivity index (χ1v) is 9.87. The van der Waals surface area contributed by atoms with Crippen molar-refractivity contribution in [1.82, 2.24) is 20.0 Å². The molecule has 1 fully saturated rings. The highest BCUT2D eigenvalue weighted by Gasteiger charge is 2.26. The third kappa shape index (κ3) is 6.20. The number of rotatable bonds is 7. The monoisotopic (exact) mass is 497 g/mol. The molecule has 1 atom stereocenters.